The van der Waals surface area contributed by atoms with Gasteiger partial charge >= 0.3 is 0 Å². The fraction of sp³-hybridized carbons (Fsp3) is 0.538. The van der Waals surface area contributed by atoms with Crippen LogP contribution in [0.1, 0.15) is 12.5 Å². The van der Waals surface area contributed by atoms with Crippen molar-refractivity contribution in [1.82, 2.24) is 10.2 Å². The summed E-state index contributed by atoms with van der Waals surface area (Å²) in [6.07, 6.45) is 0. The quantitative estimate of drug-likeness (QED) is 0.736. The van der Waals surface area contributed by atoms with E-state index in [0.717, 1.165) is 46.4 Å². The molecular formula is C13H20Br2N2O. The van der Waals surface area contributed by atoms with Gasteiger partial charge in [0.1, 0.15) is 5.75 Å². The Balaban J connectivity index is 2.56. The smallest absolute Gasteiger partial charge is 0.137 e. The lowest BCUT2D eigenvalue weighted by atomic mass is 10.2. The third kappa shape index (κ3) is 4.88. The zero-order valence-corrected chi connectivity index (χ0v) is 14.3. The third-order valence-electron chi connectivity index (χ3n) is 2.82. The number of benzene rings is 1. The summed E-state index contributed by atoms with van der Waals surface area (Å²) in [7, 11) is 3.82. The van der Waals surface area contributed by atoms with Gasteiger partial charge in [0.2, 0.25) is 0 Å². The zero-order valence-electron chi connectivity index (χ0n) is 11.1. The normalized spacial score (nSPS) is 11.0. The molecule has 1 aromatic rings. The van der Waals surface area contributed by atoms with E-state index in [9.17, 15) is 0 Å². The van der Waals surface area contributed by atoms with Gasteiger partial charge in [-0.2, -0.15) is 0 Å². The minimum atomic E-state index is 0.804. The summed E-state index contributed by atoms with van der Waals surface area (Å²) in [6.45, 7) is 6.06. The van der Waals surface area contributed by atoms with Crippen LogP contribution in [0.2, 0.25) is 0 Å². The van der Waals surface area contributed by atoms with Gasteiger partial charge in [0.25, 0.3) is 0 Å². The maximum Gasteiger partial charge on any atom is 0.137 e. The molecule has 5 heteroatoms. The van der Waals surface area contributed by atoms with Crippen LogP contribution in [0.4, 0.5) is 0 Å². The zero-order chi connectivity index (χ0) is 13.5. The minimum Gasteiger partial charge on any atom is -0.495 e. The Kier molecular flexibility index (Phi) is 7.22. The van der Waals surface area contributed by atoms with E-state index in [4.69, 9.17) is 4.74 Å². The van der Waals surface area contributed by atoms with Crippen molar-refractivity contribution in [1.29, 1.82) is 0 Å². The predicted molar refractivity (Wildman–Crippen MR) is 83.3 cm³/mol. The highest BCUT2D eigenvalue weighted by Gasteiger charge is 2.08. The first-order valence-electron chi connectivity index (χ1n) is 5.99. The molecule has 1 N–H and O–H groups in total. The van der Waals surface area contributed by atoms with Crippen molar-refractivity contribution >= 4 is 31.9 Å². The second-order valence-corrected chi connectivity index (χ2v) is 5.92. The van der Waals surface area contributed by atoms with Crippen LogP contribution in [-0.2, 0) is 6.54 Å². The van der Waals surface area contributed by atoms with Crippen LogP contribution in [-0.4, -0.2) is 38.7 Å². The number of likely N-dealkylation sites (N-methyl/N-ethyl adjacent to an activating group) is 1. The number of methoxy groups -OCH3 is 1. The highest BCUT2D eigenvalue weighted by Crippen LogP contribution is 2.32. The van der Waals surface area contributed by atoms with E-state index in [1.807, 2.05) is 6.07 Å². The fourth-order valence-electron chi connectivity index (χ4n) is 1.62. The average molecular weight is 380 g/mol. The monoisotopic (exact) mass is 378 g/mol. The lowest BCUT2D eigenvalue weighted by Gasteiger charge is -2.15. The van der Waals surface area contributed by atoms with E-state index in [-0.39, 0.29) is 0 Å². The lowest BCUT2D eigenvalue weighted by Crippen LogP contribution is -2.28. The highest BCUT2D eigenvalue weighted by molar-refractivity contribution is 9.11. The summed E-state index contributed by atoms with van der Waals surface area (Å²) in [6, 6.07) is 4.08. The van der Waals surface area contributed by atoms with E-state index >= 15 is 0 Å². The molecule has 102 valence electrons. The Hall–Kier alpha value is -0.100. The van der Waals surface area contributed by atoms with Gasteiger partial charge in [-0.05, 0) is 41.7 Å². The number of hydrogen-bond donors (Lipinski definition) is 1. The minimum absolute atomic E-state index is 0.804. The fourth-order valence-corrected chi connectivity index (χ4v) is 3.10. The molecule has 0 amide bonds. The SMILES string of the molecule is CCN(C)CCNCc1cc(Br)cc(Br)c1OC. The molecule has 3 nitrogen and oxygen atoms in total. The van der Waals surface area contributed by atoms with E-state index in [1.165, 1.54) is 0 Å². The summed E-state index contributed by atoms with van der Waals surface area (Å²) in [5, 5.41) is 3.43. The number of rotatable bonds is 7. The first-order chi connectivity index (χ1) is 8.58. The summed E-state index contributed by atoms with van der Waals surface area (Å²) in [5.74, 6) is 0.898. The molecular weight excluding hydrogens is 360 g/mol. The number of nitrogens with zero attached hydrogens (tertiary/aromatic N) is 1. The molecule has 0 fully saturated rings. The number of hydrogen-bond acceptors (Lipinski definition) is 3. The van der Waals surface area contributed by atoms with Crippen LogP contribution in [0.15, 0.2) is 21.1 Å². The molecule has 1 aromatic carbocycles. The van der Waals surface area contributed by atoms with Gasteiger partial charge in [0, 0.05) is 29.7 Å². The molecule has 0 aliphatic rings. The molecule has 0 radical (unpaired) electrons. The van der Waals surface area contributed by atoms with Crippen LogP contribution in [0.5, 0.6) is 5.75 Å². The van der Waals surface area contributed by atoms with Gasteiger partial charge in [-0.1, -0.05) is 22.9 Å². The molecule has 0 saturated carbocycles. The highest BCUT2D eigenvalue weighted by atomic mass is 79.9. The van der Waals surface area contributed by atoms with Gasteiger partial charge in [-0.15, -0.1) is 0 Å². The van der Waals surface area contributed by atoms with Crippen LogP contribution < -0.4 is 10.1 Å². The van der Waals surface area contributed by atoms with Crippen molar-refractivity contribution < 1.29 is 4.74 Å². The number of nitrogens with one attached hydrogen (secondary N) is 1. The van der Waals surface area contributed by atoms with Gasteiger partial charge in [0.05, 0.1) is 11.6 Å². The maximum absolute atomic E-state index is 5.41. The molecule has 18 heavy (non-hydrogen) atoms. The standard InChI is InChI=1S/C13H20Br2N2O/c1-4-17(2)6-5-16-9-10-7-11(14)8-12(15)13(10)18-3/h7-8,16H,4-6,9H2,1-3H3. The predicted octanol–water partition coefficient (Wildman–Crippen LogP) is 3.26. The summed E-state index contributed by atoms with van der Waals surface area (Å²) in [4.78, 5) is 2.28. The van der Waals surface area contributed by atoms with E-state index in [2.05, 4.69) is 62.1 Å². The first kappa shape index (κ1) is 16.0. The van der Waals surface area contributed by atoms with Crippen LogP contribution in [0.25, 0.3) is 0 Å². The maximum atomic E-state index is 5.41. The molecule has 0 atom stereocenters. The van der Waals surface area contributed by atoms with Crippen molar-refractivity contribution in [2.45, 2.75) is 13.5 Å². The summed E-state index contributed by atoms with van der Waals surface area (Å²) < 4.78 is 7.44. The third-order valence-corrected chi connectivity index (χ3v) is 3.86. The lowest BCUT2D eigenvalue weighted by molar-refractivity contribution is 0.347. The second-order valence-electron chi connectivity index (χ2n) is 4.15. The molecule has 1 rings (SSSR count). The molecule has 0 unspecified atom stereocenters. The Bertz CT molecular complexity index is 385. The van der Waals surface area contributed by atoms with E-state index < -0.39 is 0 Å². The van der Waals surface area contributed by atoms with Crippen molar-refractivity contribution in [2.75, 3.05) is 33.8 Å². The van der Waals surface area contributed by atoms with Crippen molar-refractivity contribution in [2.24, 2.45) is 0 Å². The molecule has 0 saturated heterocycles. The van der Waals surface area contributed by atoms with Crippen molar-refractivity contribution in [3.8, 4) is 5.75 Å². The average Bonchev–Trinajstić information content (AvgIpc) is 2.33. The number of halogens is 2. The molecule has 0 bridgehead atoms. The van der Waals surface area contributed by atoms with Gasteiger partial charge in [-0.3, -0.25) is 0 Å². The van der Waals surface area contributed by atoms with Crippen molar-refractivity contribution in [3.63, 3.8) is 0 Å². The molecule has 0 aromatic heterocycles. The van der Waals surface area contributed by atoms with Crippen LogP contribution >= 0.6 is 31.9 Å². The van der Waals surface area contributed by atoms with Crippen LogP contribution in [0, 0.1) is 0 Å². The van der Waals surface area contributed by atoms with Gasteiger partial charge in [0.15, 0.2) is 0 Å². The van der Waals surface area contributed by atoms with Gasteiger partial charge in [-0.25, -0.2) is 0 Å². The summed E-state index contributed by atoms with van der Waals surface area (Å²) in [5.41, 5.74) is 1.15. The number of ether oxygens (including phenoxy) is 1. The molecule has 0 heterocycles. The topological polar surface area (TPSA) is 24.5 Å². The Morgan fingerprint density at radius 2 is 2.06 bits per heavy atom. The Morgan fingerprint density at radius 1 is 1.33 bits per heavy atom. The van der Waals surface area contributed by atoms with Crippen LogP contribution in [0.3, 0.4) is 0 Å². The molecule has 0 aliphatic carbocycles. The van der Waals surface area contributed by atoms with Gasteiger partial charge < -0.3 is 15.0 Å². The Labute approximate surface area is 126 Å². The first-order valence-corrected chi connectivity index (χ1v) is 7.58. The van der Waals surface area contributed by atoms with Crippen molar-refractivity contribution in [3.05, 3.63) is 26.6 Å². The molecule has 0 aliphatic heterocycles. The van der Waals surface area contributed by atoms with E-state index in [0.29, 0.717) is 0 Å². The largest absolute Gasteiger partial charge is 0.495 e. The van der Waals surface area contributed by atoms with E-state index in [1.54, 1.807) is 7.11 Å². The second kappa shape index (κ2) is 8.15. The summed E-state index contributed by atoms with van der Waals surface area (Å²) >= 11 is 7.01. The Morgan fingerprint density at radius 3 is 2.67 bits per heavy atom. The molecule has 0 spiro atoms.